The number of benzene rings is 2. The van der Waals surface area contributed by atoms with Gasteiger partial charge in [-0.3, -0.25) is 9.36 Å². The Labute approximate surface area is 197 Å². The second kappa shape index (κ2) is 10.0. The van der Waals surface area contributed by atoms with Crippen molar-refractivity contribution < 1.29 is 24.3 Å². The highest BCUT2D eigenvalue weighted by atomic mass is 31.2. The van der Waals surface area contributed by atoms with Crippen LogP contribution in [0, 0.1) is 0 Å². The summed E-state index contributed by atoms with van der Waals surface area (Å²) in [6.45, 7) is 13.2. The van der Waals surface area contributed by atoms with Crippen LogP contribution in [0.15, 0.2) is 42.5 Å². The van der Waals surface area contributed by atoms with Crippen LogP contribution in [-0.4, -0.2) is 32.2 Å². The third-order valence-corrected chi connectivity index (χ3v) is 6.99. The summed E-state index contributed by atoms with van der Waals surface area (Å²) >= 11 is 0. The molecule has 0 spiro atoms. The van der Waals surface area contributed by atoms with Gasteiger partial charge in [-0.15, -0.1) is 0 Å². The number of phenolic OH excluding ortho intramolecular Hbond substituents is 1. The normalized spacial score (nSPS) is 13.6. The van der Waals surface area contributed by atoms with E-state index in [2.05, 4.69) is 0 Å². The second-order valence-corrected chi connectivity index (χ2v) is 12.4. The summed E-state index contributed by atoms with van der Waals surface area (Å²) in [6.07, 6.45) is 1.25. The molecule has 2 aromatic rings. The Morgan fingerprint density at radius 3 is 1.85 bits per heavy atom. The van der Waals surface area contributed by atoms with Gasteiger partial charge in [0.25, 0.3) is 0 Å². The van der Waals surface area contributed by atoms with Gasteiger partial charge in [0.05, 0.1) is 0 Å². The highest BCUT2D eigenvalue weighted by Gasteiger charge is 2.39. The Bertz CT molecular complexity index is 980. The maximum Gasteiger partial charge on any atom is 0.352 e. The van der Waals surface area contributed by atoms with Crippen molar-refractivity contribution in [2.75, 3.05) is 6.54 Å². The molecule has 1 amide bonds. The Kier molecular flexibility index (Phi) is 8.22. The number of aromatic hydroxyl groups is 1. The lowest BCUT2D eigenvalue weighted by molar-refractivity contribution is -0.130. The van der Waals surface area contributed by atoms with E-state index in [0.29, 0.717) is 29.5 Å². The minimum absolute atomic E-state index is 0.127. The molecule has 7 heteroatoms. The fourth-order valence-corrected chi connectivity index (χ4v) is 5.23. The number of amides is 1. The molecule has 33 heavy (non-hydrogen) atoms. The molecule has 0 fully saturated rings. The van der Waals surface area contributed by atoms with E-state index in [4.69, 9.17) is 0 Å². The fourth-order valence-electron chi connectivity index (χ4n) is 4.06. The molecule has 2 rings (SSSR count). The first kappa shape index (κ1) is 27.1. The number of phenols is 1. The fraction of sp³-hybridized carbons (Fsp3) is 0.500. The maximum atomic E-state index is 12.8. The average Bonchev–Trinajstić information content (AvgIpc) is 2.66. The lowest BCUT2D eigenvalue weighted by atomic mass is 9.78. The van der Waals surface area contributed by atoms with Crippen LogP contribution in [0.25, 0.3) is 0 Å². The van der Waals surface area contributed by atoms with Gasteiger partial charge in [0.2, 0.25) is 5.91 Å². The minimum atomic E-state index is -4.76. The van der Waals surface area contributed by atoms with Crippen molar-refractivity contribution in [3.63, 3.8) is 0 Å². The van der Waals surface area contributed by atoms with Gasteiger partial charge in [-0.2, -0.15) is 0 Å². The van der Waals surface area contributed by atoms with Gasteiger partial charge in [-0.1, -0.05) is 71.9 Å². The predicted octanol–water partition coefficient (Wildman–Crippen LogP) is 5.64. The van der Waals surface area contributed by atoms with Crippen molar-refractivity contribution >= 4 is 13.5 Å². The van der Waals surface area contributed by atoms with E-state index >= 15 is 0 Å². The number of rotatable bonds is 7. The van der Waals surface area contributed by atoms with Crippen molar-refractivity contribution in [1.29, 1.82) is 0 Å². The lowest BCUT2D eigenvalue weighted by Gasteiger charge is -2.34. The van der Waals surface area contributed by atoms with E-state index in [1.165, 1.54) is 11.8 Å². The van der Waals surface area contributed by atoms with E-state index in [1.54, 1.807) is 12.1 Å². The monoisotopic (exact) mass is 475 g/mol. The smallest absolute Gasteiger partial charge is 0.352 e. The molecule has 1 atom stereocenters. The van der Waals surface area contributed by atoms with Gasteiger partial charge < -0.3 is 19.8 Å². The molecule has 6 nitrogen and oxygen atoms in total. The van der Waals surface area contributed by atoms with Crippen molar-refractivity contribution in [3.05, 3.63) is 64.7 Å². The number of carbonyl (C=O) groups is 1. The van der Waals surface area contributed by atoms with Crippen molar-refractivity contribution in [1.82, 2.24) is 4.90 Å². The summed E-state index contributed by atoms with van der Waals surface area (Å²) in [5.41, 5.74) is 1.70. The summed E-state index contributed by atoms with van der Waals surface area (Å²) < 4.78 is 12.8. The zero-order valence-electron chi connectivity index (χ0n) is 20.8. The quantitative estimate of drug-likeness (QED) is 0.450. The molecule has 2 aromatic carbocycles. The first-order chi connectivity index (χ1) is 15.0. The maximum absolute atomic E-state index is 12.8. The number of hydrogen-bond acceptors (Lipinski definition) is 3. The van der Waals surface area contributed by atoms with Gasteiger partial charge in [0, 0.05) is 13.5 Å². The predicted molar refractivity (Wildman–Crippen MR) is 132 cm³/mol. The average molecular weight is 476 g/mol. The highest BCUT2D eigenvalue weighted by Crippen LogP contribution is 2.55. The molecule has 0 radical (unpaired) electrons. The van der Waals surface area contributed by atoms with E-state index in [-0.39, 0.29) is 12.3 Å². The van der Waals surface area contributed by atoms with Crippen LogP contribution in [0.1, 0.15) is 82.9 Å². The van der Waals surface area contributed by atoms with Crippen LogP contribution in [0.4, 0.5) is 0 Å². The van der Waals surface area contributed by atoms with Gasteiger partial charge in [0.1, 0.15) is 5.75 Å². The molecule has 0 saturated carbocycles. The Morgan fingerprint density at radius 1 is 0.970 bits per heavy atom. The Balaban J connectivity index is 2.57. The third-order valence-electron chi connectivity index (χ3n) is 5.77. The van der Waals surface area contributed by atoms with E-state index < -0.39 is 30.1 Å². The number of aryl methyl sites for hydroxylation is 1. The summed E-state index contributed by atoms with van der Waals surface area (Å²) in [4.78, 5) is 34.6. The zero-order valence-corrected chi connectivity index (χ0v) is 21.7. The van der Waals surface area contributed by atoms with Gasteiger partial charge >= 0.3 is 7.60 Å². The molecule has 182 valence electrons. The summed E-state index contributed by atoms with van der Waals surface area (Å²) in [6, 6.07) is 13.1. The lowest BCUT2D eigenvalue weighted by Crippen LogP contribution is -2.34. The standard InChI is InChI=1S/C26H38NO5P/c1-18(28)27(15-11-14-19-12-9-8-10-13-19)24(33(30,31)32)20-16-21(25(2,3)4)23(29)22(17-20)26(5,6)7/h8-10,12-13,16-17,24,29H,11,14-15H2,1-7H3,(H2,30,31,32). The Morgan fingerprint density at radius 2 is 1.45 bits per heavy atom. The van der Waals surface area contributed by atoms with Crippen LogP contribution in [0.3, 0.4) is 0 Å². The SMILES string of the molecule is CC(=O)N(CCCc1ccccc1)C(c1cc(C(C)(C)C)c(O)c(C(C)(C)C)c1)P(=O)(O)O. The molecule has 0 saturated heterocycles. The van der Waals surface area contributed by atoms with Crippen molar-refractivity contribution in [2.45, 2.75) is 77.9 Å². The van der Waals surface area contributed by atoms with Crippen LogP contribution in [0.2, 0.25) is 0 Å². The second-order valence-electron chi connectivity index (χ2n) is 10.7. The Hall–Kier alpha value is -2.14. The van der Waals surface area contributed by atoms with Crippen molar-refractivity contribution in [3.8, 4) is 5.75 Å². The molecular formula is C26H38NO5P. The molecular weight excluding hydrogens is 437 g/mol. The van der Waals surface area contributed by atoms with Crippen LogP contribution in [-0.2, 0) is 26.6 Å². The molecule has 0 aliphatic carbocycles. The largest absolute Gasteiger partial charge is 0.507 e. The van der Waals surface area contributed by atoms with Crippen LogP contribution < -0.4 is 0 Å². The first-order valence-electron chi connectivity index (χ1n) is 11.3. The highest BCUT2D eigenvalue weighted by molar-refractivity contribution is 7.52. The van der Waals surface area contributed by atoms with E-state index in [1.807, 2.05) is 71.9 Å². The molecule has 3 N–H and O–H groups in total. The molecule has 0 bridgehead atoms. The molecule has 0 aliphatic rings. The molecule has 1 unspecified atom stereocenters. The van der Waals surface area contributed by atoms with E-state index in [9.17, 15) is 24.3 Å². The number of hydrogen-bond donors (Lipinski definition) is 3. The topological polar surface area (TPSA) is 98.1 Å². The number of carbonyl (C=O) groups excluding carboxylic acids is 1. The third kappa shape index (κ3) is 6.92. The molecule has 0 heterocycles. The summed E-state index contributed by atoms with van der Waals surface area (Å²) in [7, 11) is -4.76. The van der Waals surface area contributed by atoms with Gasteiger partial charge in [-0.05, 0) is 58.1 Å². The summed E-state index contributed by atoms with van der Waals surface area (Å²) in [5.74, 6) is -1.70. The van der Waals surface area contributed by atoms with Crippen LogP contribution >= 0.6 is 7.60 Å². The van der Waals surface area contributed by atoms with E-state index in [0.717, 1.165) is 5.56 Å². The van der Waals surface area contributed by atoms with Gasteiger partial charge in [0.15, 0.2) is 5.78 Å². The van der Waals surface area contributed by atoms with Crippen molar-refractivity contribution in [2.24, 2.45) is 0 Å². The number of nitrogens with zero attached hydrogens (tertiary/aromatic N) is 1. The molecule has 0 aromatic heterocycles. The zero-order chi connectivity index (χ0) is 25.2. The minimum Gasteiger partial charge on any atom is -0.507 e. The summed E-state index contributed by atoms with van der Waals surface area (Å²) in [5, 5.41) is 11.0. The van der Waals surface area contributed by atoms with Gasteiger partial charge in [-0.25, -0.2) is 0 Å². The van der Waals surface area contributed by atoms with Crippen LogP contribution in [0.5, 0.6) is 5.75 Å². The molecule has 0 aliphatic heterocycles. The first-order valence-corrected chi connectivity index (χ1v) is 13.0.